The van der Waals surface area contributed by atoms with Gasteiger partial charge in [-0.05, 0) is 13.8 Å². The normalized spacial score (nSPS) is 21.1. The van der Waals surface area contributed by atoms with E-state index in [0.29, 0.717) is 0 Å². The summed E-state index contributed by atoms with van der Waals surface area (Å²) in [5.74, 6) is -0.181. The second-order valence-electron chi connectivity index (χ2n) is 3.99. The summed E-state index contributed by atoms with van der Waals surface area (Å²) in [5.41, 5.74) is -0.195. The summed E-state index contributed by atoms with van der Waals surface area (Å²) in [6.45, 7) is 5.29. The molecule has 1 aliphatic rings. The molecule has 5 heteroatoms. The van der Waals surface area contributed by atoms with Crippen LogP contribution in [0.15, 0.2) is 0 Å². The molecule has 3 N–H and O–H groups in total. The first-order chi connectivity index (χ1) is 6.56. The Morgan fingerprint density at radius 2 is 2.36 bits per heavy atom. The first-order valence-electron chi connectivity index (χ1n) is 4.81. The molecule has 1 heterocycles. The van der Waals surface area contributed by atoms with Crippen LogP contribution in [0.2, 0.25) is 0 Å². The Kier molecular flexibility index (Phi) is 3.86. The van der Waals surface area contributed by atoms with Gasteiger partial charge < -0.3 is 20.5 Å². The maximum absolute atomic E-state index is 11.2. The summed E-state index contributed by atoms with van der Waals surface area (Å²) in [6.07, 6.45) is 0. The monoisotopic (exact) mass is 202 g/mol. The summed E-state index contributed by atoms with van der Waals surface area (Å²) in [4.78, 5) is 11.2. The number of hydrogen-bond donors (Lipinski definition) is 3. The van der Waals surface area contributed by atoms with Crippen LogP contribution in [0.5, 0.6) is 0 Å². The molecule has 1 amide bonds. The van der Waals surface area contributed by atoms with Gasteiger partial charge in [0, 0.05) is 19.1 Å². The maximum atomic E-state index is 11.2. The van der Waals surface area contributed by atoms with Crippen molar-refractivity contribution >= 4 is 5.91 Å². The number of rotatable bonds is 5. The van der Waals surface area contributed by atoms with Crippen molar-refractivity contribution in [3.05, 3.63) is 0 Å². The van der Waals surface area contributed by atoms with Crippen molar-refractivity contribution in [2.45, 2.75) is 25.5 Å². The van der Waals surface area contributed by atoms with E-state index in [1.807, 2.05) is 6.92 Å². The molecule has 0 unspecified atom stereocenters. The molecule has 82 valence electrons. The summed E-state index contributed by atoms with van der Waals surface area (Å²) in [6, 6.07) is -0.210. The zero-order valence-electron chi connectivity index (χ0n) is 8.67. The molecule has 0 radical (unpaired) electrons. The van der Waals surface area contributed by atoms with Gasteiger partial charge in [-0.25, -0.2) is 0 Å². The lowest BCUT2D eigenvalue weighted by Crippen LogP contribution is -2.59. The molecule has 0 aromatic carbocycles. The molecular formula is C9H18N2O3. The zero-order valence-corrected chi connectivity index (χ0v) is 8.67. The van der Waals surface area contributed by atoms with Gasteiger partial charge in [-0.3, -0.25) is 4.79 Å². The molecular weight excluding hydrogens is 184 g/mol. The largest absolute Gasteiger partial charge is 0.394 e. The summed E-state index contributed by atoms with van der Waals surface area (Å²) in [5, 5.41) is 14.4. The van der Waals surface area contributed by atoms with Crippen LogP contribution in [-0.4, -0.2) is 49.0 Å². The van der Waals surface area contributed by atoms with Gasteiger partial charge in [-0.1, -0.05) is 0 Å². The minimum Gasteiger partial charge on any atom is -0.394 e. The number of amides is 1. The van der Waals surface area contributed by atoms with E-state index in [9.17, 15) is 4.79 Å². The third-order valence-corrected chi connectivity index (χ3v) is 2.23. The SMILES string of the molecule is C[C@H](CO)NC(=O)COC1(C)CNC1. The zero-order chi connectivity index (χ0) is 10.6. The smallest absolute Gasteiger partial charge is 0.246 e. The van der Waals surface area contributed by atoms with E-state index >= 15 is 0 Å². The van der Waals surface area contributed by atoms with E-state index in [-0.39, 0.29) is 30.8 Å². The molecule has 0 saturated carbocycles. The average molecular weight is 202 g/mol. The van der Waals surface area contributed by atoms with Gasteiger partial charge in [0.2, 0.25) is 5.91 Å². The Bertz CT molecular complexity index is 204. The molecule has 0 aromatic heterocycles. The number of carbonyl (C=O) groups excluding carboxylic acids is 1. The average Bonchev–Trinajstić information content (AvgIpc) is 2.11. The van der Waals surface area contributed by atoms with Gasteiger partial charge in [0.1, 0.15) is 6.61 Å². The highest BCUT2D eigenvalue weighted by Crippen LogP contribution is 2.14. The third-order valence-electron chi connectivity index (χ3n) is 2.23. The highest BCUT2D eigenvalue weighted by atomic mass is 16.5. The summed E-state index contributed by atoms with van der Waals surface area (Å²) >= 11 is 0. The minimum absolute atomic E-state index is 0.0510. The molecule has 0 aliphatic carbocycles. The molecule has 0 spiro atoms. The minimum atomic E-state index is -0.210. The van der Waals surface area contributed by atoms with Crippen molar-refractivity contribution < 1.29 is 14.6 Å². The Hall–Kier alpha value is -0.650. The van der Waals surface area contributed by atoms with Crippen molar-refractivity contribution in [2.24, 2.45) is 0 Å². The van der Waals surface area contributed by atoms with Gasteiger partial charge in [0.15, 0.2) is 0 Å². The first-order valence-corrected chi connectivity index (χ1v) is 4.81. The van der Waals surface area contributed by atoms with E-state index in [1.54, 1.807) is 6.92 Å². The number of aliphatic hydroxyl groups is 1. The predicted octanol–water partition coefficient (Wildman–Crippen LogP) is -1.14. The van der Waals surface area contributed by atoms with Crippen molar-refractivity contribution in [3.8, 4) is 0 Å². The predicted molar refractivity (Wildman–Crippen MR) is 51.9 cm³/mol. The quantitative estimate of drug-likeness (QED) is 0.527. The van der Waals surface area contributed by atoms with Crippen molar-refractivity contribution in [1.82, 2.24) is 10.6 Å². The number of ether oxygens (including phenoxy) is 1. The van der Waals surface area contributed by atoms with Gasteiger partial charge in [0.05, 0.1) is 12.2 Å². The molecule has 1 fully saturated rings. The molecule has 1 saturated heterocycles. The molecule has 1 aliphatic heterocycles. The van der Waals surface area contributed by atoms with Crippen molar-refractivity contribution in [3.63, 3.8) is 0 Å². The fourth-order valence-corrected chi connectivity index (χ4v) is 1.18. The molecule has 0 aromatic rings. The summed E-state index contributed by atoms with van der Waals surface area (Å²) in [7, 11) is 0. The van der Waals surface area contributed by atoms with E-state index in [4.69, 9.17) is 9.84 Å². The lowest BCUT2D eigenvalue weighted by molar-refractivity contribution is -0.136. The Balaban J connectivity index is 2.14. The topological polar surface area (TPSA) is 70.6 Å². The Labute approximate surface area is 83.8 Å². The van der Waals surface area contributed by atoms with E-state index in [1.165, 1.54) is 0 Å². The maximum Gasteiger partial charge on any atom is 0.246 e. The fourth-order valence-electron chi connectivity index (χ4n) is 1.18. The lowest BCUT2D eigenvalue weighted by atomic mass is 10.0. The van der Waals surface area contributed by atoms with E-state index in [0.717, 1.165) is 13.1 Å². The van der Waals surface area contributed by atoms with Crippen LogP contribution < -0.4 is 10.6 Å². The number of hydrogen-bond acceptors (Lipinski definition) is 4. The van der Waals surface area contributed by atoms with Crippen LogP contribution in [-0.2, 0) is 9.53 Å². The summed E-state index contributed by atoms with van der Waals surface area (Å²) < 4.78 is 5.42. The second kappa shape index (κ2) is 4.72. The van der Waals surface area contributed by atoms with E-state index in [2.05, 4.69) is 10.6 Å². The van der Waals surface area contributed by atoms with Crippen LogP contribution in [0.25, 0.3) is 0 Å². The van der Waals surface area contributed by atoms with Crippen LogP contribution in [0.1, 0.15) is 13.8 Å². The fraction of sp³-hybridized carbons (Fsp3) is 0.889. The number of aliphatic hydroxyl groups excluding tert-OH is 1. The first kappa shape index (κ1) is 11.4. The van der Waals surface area contributed by atoms with Gasteiger partial charge in [-0.15, -0.1) is 0 Å². The second-order valence-corrected chi connectivity index (χ2v) is 3.99. The van der Waals surface area contributed by atoms with Crippen LogP contribution in [0, 0.1) is 0 Å². The standard InChI is InChI=1S/C9H18N2O3/c1-7(3-12)11-8(13)4-14-9(2)5-10-6-9/h7,10,12H,3-6H2,1-2H3,(H,11,13)/t7-/m1/s1. The van der Waals surface area contributed by atoms with Gasteiger partial charge >= 0.3 is 0 Å². The van der Waals surface area contributed by atoms with Crippen LogP contribution >= 0.6 is 0 Å². The van der Waals surface area contributed by atoms with Gasteiger partial charge in [0.25, 0.3) is 0 Å². The molecule has 5 nitrogen and oxygen atoms in total. The van der Waals surface area contributed by atoms with Crippen molar-refractivity contribution in [1.29, 1.82) is 0 Å². The molecule has 1 rings (SSSR count). The van der Waals surface area contributed by atoms with Crippen molar-refractivity contribution in [2.75, 3.05) is 26.3 Å². The highest BCUT2D eigenvalue weighted by Gasteiger charge is 2.32. The number of carbonyl (C=O) groups is 1. The Morgan fingerprint density at radius 1 is 1.71 bits per heavy atom. The lowest BCUT2D eigenvalue weighted by Gasteiger charge is -2.38. The Morgan fingerprint density at radius 3 is 2.79 bits per heavy atom. The van der Waals surface area contributed by atoms with E-state index < -0.39 is 0 Å². The third kappa shape index (κ3) is 3.25. The molecule has 1 atom stereocenters. The van der Waals surface area contributed by atoms with Gasteiger partial charge in [-0.2, -0.15) is 0 Å². The number of nitrogens with one attached hydrogen (secondary N) is 2. The van der Waals surface area contributed by atoms with Crippen LogP contribution in [0.3, 0.4) is 0 Å². The van der Waals surface area contributed by atoms with Crippen LogP contribution in [0.4, 0.5) is 0 Å². The highest BCUT2D eigenvalue weighted by molar-refractivity contribution is 5.77. The molecule has 0 bridgehead atoms. The molecule has 14 heavy (non-hydrogen) atoms.